The highest BCUT2D eigenvalue weighted by Crippen LogP contribution is 2.23. The number of nitrogens with one attached hydrogen (secondary N) is 2. The molecule has 1 heterocycles. The van der Waals surface area contributed by atoms with Gasteiger partial charge < -0.3 is 15.4 Å². The first-order valence-corrected chi connectivity index (χ1v) is 8.74. The van der Waals surface area contributed by atoms with Crippen molar-refractivity contribution in [3.63, 3.8) is 0 Å². The smallest absolute Gasteiger partial charge is 0.314 e. The molecule has 0 spiro atoms. The molecule has 5 nitrogen and oxygen atoms in total. The number of carbonyl (C=O) groups is 1. The third-order valence-corrected chi connectivity index (χ3v) is 4.48. The Morgan fingerprint density at radius 1 is 1.38 bits per heavy atom. The minimum absolute atomic E-state index is 0.0216. The molecule has 2 rings (SSSR count). The second-order valence-electron chi connectivity index (χ2n) is 5.69. The molecule has 1 aliphatic heterocycles. The zero-order valence-corrected chi connectivity index (χ0v) is 15.1. The maximum Gasteiger partial charge on any atom is 0.314 e. The van der Waals surface area contributed by atoms with Crippen molar-refractivity contribution < 1.29 is 9.53 Å². The van der Waals surface area contributed by atoms with Crippen LogP contribution in [0.4, 0.5) is 4.79 Å². The highest BCUT2D eigenvalue weighted by atomic mass is 35.5. The summed E-state index contributed by atoms with van der Waals surface area (Å²) in [5.74, 6) is 0. The van der Waals surface area contributed by atoms with E-state index in [-0.39, 0.29) is 12.1 Å². The summed E-state index contributed by atoms with van der Waals surface area (Å²) in [4.78, 5) is 13.9. The van der Waals surface area contributed by atoms with Crippen molar-refractivity contribution in [1.29, 1.82) is 0 Å². The Hall–Kier alpha value is -1.27. The molecule has 0 radical (unpaired) electrons. The van der Waals surface area contributed by atoms with Crippen LogP contribution in [0.1, 0.15) is 12.0 Å². The number of ether oxygens (including phenoxy) is 1. The topological polar surface area (TPSA) is 53.6 Å². The van der Waals surface area contributed by atoms with Crippen LogP contribution in [0.15, 0.2) is 30.9 Å². The average molecular weight is 372 g/mol. The van der Waals surface area contributed by atoms with E-state index in [0.29, 0.717) is 29.7 Å². The molecule has 1 aromatic rings. The molecule has 1 aliphatic rings. The first-order chi connectivity index (χ1) is 11.6. The first kappa shape index (κ1) is 19.1. The van der Waals surface area contributed by atoms with Gasteiger partial charge >= 0.3 is 6.03 Å². The van der Waals surface area contributed by atoms with Gasteiger partial charge in [-0.15, -0.1) is 6.58 Å². The predicted molar refractivity (Wildman–Crippen MR) is 97.7 cm³/mol. The van der Waals surface area contributed by atoms with Gasteiger partial charge in [-0.3, -0.25) is 4.90 Å². The fourth-order valence-electron chi connectivity index (χ4n) is 2.50. The summed E-state index contributed by atoms with van der Waals surface area (Å²) in [6.45, 7) is 7.72. The summed E-state index contributed by atoms with van der Waals surface area (Å²) in [5.41, 5.74) is 1.11. The lowest BCUT2D eigenvalue weighted by molar-refractivity contribution is -0.0287. The van der Waals surface area contributed by atoms with Crippen molar-refractivity contribution in [3.05, 3.63) is 46.5 Å². The van der Waals surface area contributed by atoms with Crippen LogP contribution >= 0.6 is 23.2 Å². The zero-order chi connectivity index (χ0) is 17.4. The van der Waals surface area contributed by atoms with E-state index in [1.165, 1.54) is 0 Å². The number of benzene rings is 1. The third-order valence-electron chi connectivity index (χ3n) is 3.74. The minimum atomic E-state index is -0.179. The van der Waals surface area contributed by atoms with Crippen molar-refractivity contribution in [2.75, 3.05) is 32.8 Å². The van der Waals surface area contributed by atoms with Gasteiger partial charge in [-0.25, -0.2) is 4.79 Å². The second-order valence-corrected chi connectivity index (χ2v) is 6.50. The molecule has 2 amide bonds. The fourth-order valence-corrected chi connectivity index (χ4v) is 2.82. The van der Waals surface area contributed by atoms with Gasteiger partial charge in [0.25, 0.3) is 0 Å². The van der Waals surface area contributed by atoms with E-state index >= 15 is 0 Å². The Bertz CT molecular complexity index is 569. The number of amides is 2. The molecule has 1 aromatic carbocycles. The monoisotopic (exact) mass is 371 g/mol. The van der Waals surface area contributed by atoms with Gasteiger partial charge in [0, 0.05) is 32.7 Å². The molecule has 1 saturated heterocycles. The normalized spacial score (nSPS) is 18.2. The Kier molecular flexibility index (Phi) is 7.85. The van der Waals surface area contributed by atoms with E-state index in [9.17, 15) is 4.79 Å². The Balaban J connectivity index is 1.75. The molecule has 0 bridgehead atoms. The van der Waals surface area contributed by atoms with Crippen molar-refractivity contribution in [1.82, 2.24) is 15.5 Å². The van der Waals surface area contributed by atoms with Gasteiger partial charge in [0.1, 0.15) is 0 Å². The van der Waals surface area contributed by atoms with Crippen LogP contribution in [0, 0.1) is 0 Å². The number of rotatable bonds is 7. The van der Waals surface area contributed by atoms with Crippen molar-refractivity contribution >= 4 is 29.2 Å². The summed E-state index contributed by atoms with van der Waals surface area (Å²) in [7, 11) is 0. The SMILES string of the molecule is C=CCCNC(=O)NCC1CN(Cc2ccc(Cl)c(Cl)c2)CCO1. The van der Waals surface area contributed by atoms with E-state index < -0.39 is 0 Å². The Labute approximate surface area is 152 Å². The van der Waals surface area contributed by atoms with Crippen molar-refractivity contribution in [2.24, 2.45) is 0 Å². The van der Waals surface area contributed by atoms with Crippen LogP contribution in [0.5, 0.6) is 0 Å². The van der Waals surface area contributed by atoms with Crippen LogP contribution in [0.2, 0.25) is 10.0 Å². The molecule has 7 heteroatoms. The molecule has 1 unspecified atom stereocenters. The van der Waals surface area contributed by atoms with E-state index in [1.807, 2.05) is 18.2 Å². The maximum absolute atomic E-state index is 11.6. The van der Waals surface area contributed by atoms with E-state index in [2.05, 4.69) is 22.1 Å². The molecule has 0 saturated carbocycles. The lowest BCUT2D eigenvalue weighted by atomic mass is 10.2. The molecule has 2 N–H and O–H groups in total. The lowest BCUT2D eigenvalue weighted by Crippen LogP contribution is -2.48. The molecule has 0 aromatic heterocycles. The van der Waals surface area contributed by atoms with Crippen molar-refractivity contribution in [2.45, 2.75) is 19.1 Å². The summed E-state index contributed by atoms with van der Waals surface area (Å²) in [6, 6.07) is 5.50. The van der Waals surface area contributed by atoms with E-state index in [0.717, 1.165) is 31.6 Å². The van der Waals surface area contributed by atoms with Gasteiger partial charge in [-0.05, 0) is 24.1 Å². The molecule has 1 fully saturated rings. The fraction of sp³-hybridized carbons (Fsp3) is 0.471. The molecular formula is C17H23Cl2N3O2. The molecule has 132 valence electrons. The molecular weight excluding hydrogens is 349 g/mol. The Morgan fingerprint density at radius 3 is 2.96 bits per heavy atom. The highest BCUT2D eigenvalue weighted by Gasteiger charge is 2.21. The van der Waals surface area contributed by atoms with Gasteiger partial charge in [0.15, 0.2) is 0 Å². The van der Waals surface area contributed by atoms with Crippen LogP contribution in [-0.4, -0.2) is 49.8 Å². The van der Waals surface area contributed by atoms with Crippen LogP contribution < -0.4 is 10.6 Å². The number of morpholine rings is 1. The predicted octanol–water partition coefficient (Wildman–Crippen LogP) is 3.07. The van der Waals surface area contributed by atoms with Crippen molar-refractivity contribution in [3.8, 4) is 0 Å². The maximum atomic E-state index is 11.6. The number of nitrogens with zero attached hydrogens (tertiary/aromatic N) is 1. The zero-order valence-electron chi connectivity index (χ0n) is 13.6. The number of carbonyl (C=O) groups excluding carboxylic acids is 1. The lowest BCUT2D eigenvalue weighted by Gasteiger charge is -2.33. The molecule has 1 atom stereocenters. The standard InChI is InChI=1S/C17H23Cl2N3O2/c1-2-3-6-20-17(23)21-10-14-12-22(7-8-24-14)11-13-4-5-15(18)16(19)9-13/h2,4-5,9,14H,1,3,6-8,10-12H2,(H2,20,21,23). The summed E-state index contributed by atoms with van der Waals surface area (Å²) in [6.07, 6.45) is 2.50. The van der Waals surface area contributed by atoms with Crippen LogP contribution in [0.3, 0.4) is 0 Å². The second kappa shape index (κ2) is 9.89. The van der Waals surface area contributed by atoms with E-state index in [4.69, 9.17) is 27.9 Å². The van der Waals surface area contributed by atoms with E-state index in [1.54, 1.807) is 6.08 Å². The first-order valence-electron chi connectivity index (χ1n) is 7.99. The summed E-state index contributed by atoms with van der Waals surface area (Å²) in [5, 5.41) is 6.73. The minimum Gasteiger partial charge on any atom is -0.374 e. The quantitative estimate of drug-likeness (QED) is 0.571. The number of urea groups is 1. The van der Waals surface area contributed by atoms with Gasteiger partial charge in [-0.2, -0.15) is 0 Å². The summed E-state index contributed by atoms with van der Waals surface area (Å²) < 4.78 is 5.72. The molecule has 0 aliphatic carbocycles. The summed E-state index contributed by atoms with van der Waals surface area (Å²) >= 11 is 12.0. The van der Waals surface area contributed by atoms with Crippen LogP contribution in [0.25, 0.3) is 0 Å². The highest BCUT2D eigenvalue weighted by molar-refractivity contribution is 6.42. The largest absolute Gasteiger partial charge is 0.374 e. The third kappa shape index (κ3) is 6.32. The number of halogens is 2. The average Bonchev–Trinajstić information content (AvgIpc) is 2.57. The number of hydrogen-bond donors (Lipinski definition) is 2. The molecule has 24 heavy (non-hydrogen) atoms. The van der Waals surface area contributed by atoms with Gasteiger partial charge in [-0.1, -0.05) is 35.3 Å². The Morgan fingerprint density at radius 2 is 2.21 bits per heavy atom. The van der Waals surface area contributed by atoms with Crippen LogP contribution in [-0.2, 0) is 11.3 Å². The van der Waals surface area contributed by atoms with Gasteiger partial charge in [0.05, 0.1) is 22.8 Å². The number of hydrogen-bond acceptors (Lipinski definition) is 3. The van der Waals surface area contributed by atoms with Gasteiger partial charge in [0.2, 0.25) is 0 Å².